The Balaban J connectivity index is 1.36. The molecule has 11 heteroatoms. The van der Waals surface area contributed by atoms with E-state index in [0.29, 0.717) is 33.0 Å². The monoisotopic (exact) mass is 582 g/mol. The highest BCUT2D eigenvalue weighted by molar-refractivity contribution is 6.31. The standard InChI is InChI=1S/C31H23ClN4O6/c1-20-5-8-22(9-6-20)30(38)34-26-13-10-23(11-14-26)31(39)35-33-19-24-18-25(32)12-15-28(24)42-29(37)16-7-21-3-2-4-27(17-21)36(40)41/h2-19H,1H3,(H,34,38)(H,35,39)/b16-7+,33-19+. The maximum Gasteiger partial charge on any atom is 0.336 e. The fraction of sp³-hybridized carbons (Fsp3) is 0.0323. The molecule has 10 nitrogen and oxygen atoms in total. The average Bonchev–Trinajstić information content (AvgIpc) is 2.98. The topological polar surface area (TPSA) is 140 Å². The van der Waals surface area contributed by atoms with E-state index in [1.807, 2.05) is 19.1 Å². The molecule has 0 heterocycles. The van der Waals surface area contributed by atoms with Crippen LogP contribution in [0.25, 0.3) is 6.08 Å². The van der Waals surface area contributed by atoms with E-state index in [2.05, 4.69) is 15.8 Å². The van der Waals surface area contributed by atoms with Crippen LogP contribution in [0.15, 0.2) is 102 Å². The number of benzene rings is 4. The molecule has 210 valence electrons. The summed E-state index contributed by atoms with van der Waals surface area (Å²) in [7, 11) is 0. The van der Waals surface area contributed by atoms with Crippen molar-refractivity contribution in [1.29, 1.82) is 0 Å². The second-order valence-electron chi connectivity index (χ2n) is 8.89. The number of halogens is 1. The van der Waals surface area contributed by atoms with Crippen molar-refractivity contribution in [1.82, 2.24) is 5.43 Å². The highest BCUT2D eigenvalue weighted by atomic mass is 35.5. The summed E-state index contributed by atoms with van der Waals surface area (Å²) >= 11 is 6.08. The highest BCUT2D eigenvalue weighted by Crippen LogP contribution is 2.22. The van der Waals surface area contributed by atoms with Gasteiger partial charge in [0.2, 0.25) is 0 Å². The zero-order chi connectivity index (χ0) is 30.1. The highest BCUT2D eigenvalue weighted by Gasteiger charge is 2.10. The van der Waals surface area contributed by atoms with Crippen molar-refractivity contribution in [2.75, 3.05) is 5.32 Å². The van der Waals surface area contributed by atoms with Gasteiger partial charge >= 0.3 is 5.97 Å². The van der Waals surface area contributed by atoms with Crippen LogP contribution in [0.4, 0.5) is 11.4 Å². The lowest BCUT2D eigenvalue weighted by Crippen LogP contribution is -2.18. The Kier molecular flexibility index (Phi) is 9.54. The van der Waals surface area contributed by atoms with Gasteiger partial charge in [-0.25, -0.2) is 10.2 Å². The number of carbonyl (C=O) groups excluding carboxylic acids is 3. The summed E-state index contributed by atoms with van der Waals surface area (Å²) in [5.41, 5.74) is 5.42. The SMILES string of the molecule is Cc1ccc(C(=O)Nc2ccc(C(=O)N/N=C/c3cc(Cl)ccc3OC(=O)/C=C/c3cccc([N+](=O)[O-])c3)cc2)cc1. The van der Waals surface area contributed by atoms with Crippen LogP contribution in [0.3, 0.4) is 0 Å². The van der Waals surface area contributed by atoms with E-state index in [1.165, 1.54) is 60.8 Å². The first kappa shape index (κ1) is 29.4. The Morgan fingerprint density at radius 3 is 2.31 bits per heavy atom. The Hall–Kier alpha value is -5.61. The average molecular weight is 583 g/mol. The number of ether oxygens (including phenoxy) is 1. The van der Waals surface area contributed by atoms with Gasteiger partial charge in [0.15, 0.2) is 0 Å². The molecule has 4 rings (SSSR count). The van der Waals surface area contributed by atoms with E-state index >= 15 is 0 Å². The van der Waals surface area contributed by atoms with E-state index in [4.69, 9.17) is 16.3 Å². The number of hydrogen-bond donors (Lipinski definition) is 2. The molecule has 0 radical (unpaired) electrons. The van der Waals surface area contributed by atoms with Gasteiger partial charge in [-0.2, -0.15) is 5.10 Å². The summed E-state index contributed by atoms with van der Waals surface area (Å²) in [5, 5.41) is 18.0. The summed E-state index contributed by atoms with van der Waals surface area (Å²) in [5.74, 6) is -1.39. The maximum absolute atomic E-state index is 12.6. The Bertz CT molecular complexity index is 1700. The van der Waals surface area contributed by atoms with Crippen molar-refractivity contribution in [3.8, 4) is 5.75 Å². The number of nitrogens with one attached hydrogen (secondary N) is 2. The van der Waals surface area contributed by atoms with Crippen molar-refractivity contribution in [3.63, 3.8) is 0 Å². The number of nitro benzene ring substituents is 1. The molecule has 42 heavy (non-hydrogen) atoms. The molecule has 0 spiro atoms. The normalized spacial score (nSPS) is 10.9. The molecule has 4 aromatic carbocycles. The van der Waals surface area contributed by atoms with Crippen molar-refractivity contribution in [3.05, 3.63) is 140 Å². The minimum absolute atomic E-state index is 0.107. The van der Waals surface area contributed by atoms with Crippen LogP contribution < -0.4 is 15.5 Å². The number of hydrazone groups is 1. The quantitative estimate of drug-likeness (QED) is 0.0602. The third-order valence-electron chi connectivity index (χ3n) is 5.76. The minimum Gasteiger partial charge on any atom is -0.423 e. The van der Waals surface area contributed by atoms with E-state index < -0.39 is 16.8 Å². The third-order valence-corrected chi connectivity index (χ3v) is 6.00. The number of hydrogen-bond acceptors (Lipinski definition) is 7. The fourth-order valence-corrected chi connectivity index (χ4v) is 3.78. The van der Waals surface area contributed by atoms with Crippen LogP contribution in [0, 0.1) is 17.0 Å². The molecule has 0 aliphatic rings. The van der Waals surface area contributed by atoms with E-state index in [1.54, 1.807) is 30.3 Å². The van der Waals surface area contributed by atoms with Crippen LogP contribution in [-0.2, 0) is 4.79 Å². The largest absolute Gasteiger partial charge is 0.423 e. The molecule has 0 unspecified atom stereocenters. The van der Waals surface area contributed by atoms with Gasteiger partial charge in [0, 0.05) is 45.6 Å². The lowest BCUT2D eigenvalue weighted by atomic mass is 10.1. The van der Waals surface area contributed by atoms with Crippen LogP contribution in [0.2, 0.25) is 5.02 Å². The summed E-state index contributed by atoms with van der Waals surface area (Å²) in [4.78, 5) is 47.7. The lowest BCUT2D eigenvalue weighted by molar-refractivity contribution is -0.384. The van der Waals surface area contributed by atoms with Crippen LogP contribution in [0.1, 0.15) is 37.4 Å². The Morgan fingerprint density at radius 1 is 0.905 bits per heavy atom. The molecule has 4 aromatic rings. The zero-order valence-electron chi connectivity index (χ0n) is 22.1. The molecule has 0 saturated carbocycles. The second kappa shape index (κ2) is 13.6. The molecule has 2 amide bonds. The van der Waals surface area contributed by atoms with Gasteiger partial charge in [0.1, 0.15) is 5.75 Å². The summed E-state index contributed by atoms with van der Waals surface area (Å²) < 4.78 is 5.37. The first-order chi connectivity index (χ1) is 20.2. The molecule has 0 bridgehead atoms. The molecular formula is C31H23ClN4O6. The van der Waals surface area contributed by atoms with E-state index in [0.717, 1.165) is 11.6 Å². The van der Waals surface area contributed by atoms with Crippen molar-refractivity contribution < 1.29 is 24.0 Å². The summed E-state index contributed by atoms with van der Waals surface area (Å²) in [6.07, 6.45) is 3.79. The van der Waals surface area contributed by atoms with Gasteiger partial charge in [-0.3, -0.25) is 19.7 Å². The minimum atomic E-state index is -0.739. The third kappa shape index (κ3) is 8.20. The Labute approximate surface area is 245 Å². The van der Waals surface area contributed by atoms with Crippen LogP contribution >= 0.6 is 11.6 Å². The van der Waals surface area contributed by atoms with Crippen LogP contribution in [0.5, 0.6) is 5.75 Å². The number of amides is 2. The number of anilines is 1. The molecule has 0 fully saturated rings. The smallest absolute Gasteiger partial charge is 0.336 e. The van der Waals surface area contributed by atoms with E-state index in [-0.39, 0.29) is 17.3 Å². The molecule has 0 aliphatic carbocycles. The number of carbonyl (C=O) groups is 3. The summed E-state index contributed by atoms with van der Waals surface area (Å²) in [6.45, 7) is 1.93. The van der Waals surface area contributed by atoms with E-state index in [9.17, 15) is 24.5 Å². The van der Waals surface area contributed by atoms with Crippen molar-refractivity contribution in [2.45, 2.75) is 6.92 Å². The van der Waals surface area contributed by atoms with Gasteiger partial charge in [0.05, 0.1) is 11.1 Å². The summed E-state index contributed by atoms with van der Waals surface area (Å²) in [6, 6.07) is 23.7. The molecular weight excluding hydrogens is 560 g/mol. The van der Waals surface area contributed by atoms with Gasteiger partial charge in [-0.15, -0.1) is 0 Å². The molecule has 2 N–H and O–H groups in total. The number of nitro groups is 1. The number of aryl methyl sites for hydroxylation is 1. The number of rotatable bonds is 9. The second-order valence-corrected chi connectivity index (χ2v) is 9.32. The first-order valence-electron chi connectivity index (χ1n) is 12.4. The molecule has 0 aliphatic heterocycles. The molecule has 0 saturated heterocycles. The first-order valence-corrected chi connectivity index (χ1v) is 12.8. The number of nitrogens with zero attached hydrogens (tertiary/aromatic N) is 2. The maximum atomic E-state index is 12.6. The predicted molar refractivity (Wildman–Crippen MR) is 160 cm³/mol. The zero-order valence-corrected chi connectivity index (χ0v) is 22.9. The Morgan fingerprint density at radius 2 is 1.60 bits per heavy atom. The van der Waals surface area contributed by atoms with Gasteiger partial charge in [-0.1, -0.05) is 41.4 Å². The lowest BCUT2D eigenvalue weighted by Gasteiger charge is -2.07. The fourth-order valence-electron chi connectivity index (χ4n) is 3.60. The number of esters is 1. The van der Waals surface area contributed by atoms with Crippen LogP contribution in [-0.4, -0.2) is 28.9 Å². The number of non-ortho nitro benzene ring substituents is 1. The van der Waals surface area contributed by atoms with Gasteiger partial charge in [0.25, 0.3) is 17.5 Å². The molecule has 0 atom stereocenters. The molecule has 0 aromatic heterocycles. The van der Waals surface area contributed by atoms with Gasteiger partial charge < -0.3 is 10.1 Å². The predicted octanol–water partition coefficient (Wildman–Crippen LogP) is 6.19. The van der Waals surface area contributed by atoms with Gasteiger partial charge in [-0.05, 0) is 73.2 Å². The van der Waals surface area contributed by atoms with Crippen molar-refractivity contribution >= 4 is 53.0 Å². The van der Waals surface area contributed by atoms with Crippen molar-refractivity contribution in [2.24, 2.45) is 5.10 Å².